The lowest BCUT2D eigenvalue weighted by molar-refractivity contribution is 0.303. The molecule has 0 aliphatic rings. The number of rotatable bonds is 4. The first-order valence-electron chi connectivity index (χ1n) is 5.86. The van der Waals surface area contributed by atoms with Crippen molar-refractivity contribution in [3.8, 4) is 5.75 Å². The molecule has 0 bridgehead atoms. The molecule has 0 aliphatic heterocycles. The Bertz CT molecular complexity index is 523. The van der Waals surface area contributed by atoms with Crippen molar-refractivity contribution in [1.82, 2.24) is 0 Å². The fraction of sp³-hybridized carbons (Fsp3) is 0.200. The fourth-order valence-corrected chi connectivity index (χ4v) is 1.97. The van der Waals surface area contributed by atoms with Gasteiger partial charge in [0.1, 0.15) is 12.4 Å². The predicted octanol–water partition coefficient (Wildman–Crippen LogP) is 3.80. The van der Waals surface area contributed by atoms with Gasteiger partial charge in [-0.25, -0.2) is 0 Å². The summed E-state index contributed by atoms with van der Waals surface area (Å²) in [6.07, 6.45) is 0. The van der Waals surface area contributed by atoms with Gasteiger partial charge in [-0.15, -0.1) is 0 Å². The summed E-state index contributed by atoms with van der Waals surface area (Å²) >= 11 is 3.42. The van der Waals surface area contributed by atoms with Crippen LogP contribution in [-0.4, -0.2) is 0 Å². The van der Waals surface area contributed by atoms with Crippen LogP contribution in [0.3, 0.4) is 0 Å². The second kappa shape index (κ2) is 6.03. The molecule has 2 aromatic rings. The molecule has 0 aliphatic carbocycles. The molecule has 2 N–H and O–H groups in total. The summed E-state index contributed by atoms with van der Waals surface area (Å²) in [4.78, 5) is 0. The molecule has 2 nitrogen and oxygen atoms in total. The van der Waals surface area contributed by atoms with Crippen LogP contribution in [0.5, 0.6) is 5.75 Å². The lowest BCUT2D eigenvalue weighted by Crippen LogP contribution is -2.03. The third-order valence-corrected chi connectivity index (χ3v) is 3.28. The third kappa shape index (κ3) is 3.34. The quantitative estimate of drug-likeness (QED) is 0.932. The molecule has 0 aromatic heterocycles. The van der Waals surface area contributed by atoms with Crippen molar-refractivity contribution in [3.63, 3.8) is 0 Å². The van der Waals surface area contributed by atoms with Gasteiger partial charge in [-0.05, 0) is 36.2 Å². The summed E-state index contributed by atoms with van der Waals surface area (Å²) < 4.78 is 6.91. The third-order valence-electron chi connectivity index (χ3n) is 2.75. The first-order chi connectivity index (χ1) is 8.69. The fourth-order valence-electron chi connectivity index (χ4n) is 1.71. The maximum Gasteiger partial charge on any atom is 0.124 e. The first-order valence-corrected chi connectivity index (χ1v) is 6.65. The van der Waals surface area contributed by atoms with Crippen molar-refractivity contribution in [2.24, 2.45) is 5.73 Å². The maximum absolute atomic E-state index is 5.84. The largest absolute Gasteiger partial charge is 0.489 e. The van der Waals surface area contributed by atoms with E-state index < -0.39 is 0 Å². The Morgan fingerprint density at radius 3 is 2.50 bits per heavy atom. The molecule has 18 heavy (non-hydrogen) atoms. The maximum atomic E-state index is 5.84. The highest BCUT2D eigenvalue weighted by atomic mass is 79.9. The van der Waals surface area contributed by atoms with Gasteiger partial charge in [-0.1, -0.05) is 40.2 Å². The van der Waals surface area contributed by atoms with E-state index in [0.717, 1.165) is 21.3 Å². The van der Waals surface area contributed by atoms with E-state index in [1.54, 1.807) is 0 Å². The zero-order valence-electron chi connectivity index (χ0n) is 10.3. The van der Waals surface area contributed by atoms with Crippen molar-refractivity contribution in [2.75, 3.05) is 0 Å². The number of nitrogens with two attached hydrogens (primary N) is 1. The van der Waals surface area contributed by atoms with Crippen LogP contribution in [0, 0.1) is 6.92 Å². The smallest absolute Gasteiger partial charge is 0.124 e. The summed E-state index contributed by atoms with van der Waals surface area (Å²) in [7, 11) is 0. The molecule has 0 atom stereocenters. The van der Waals surface area contributed by atoms with Crippen LogP contribution in [0.15, 0.2) is 46.9 Å². The van der Waals surface area contributed by atoms with E-state index in [9.17, 15) is 0 Å². The van der Waals surface area contributed by atoms with Gasteiger partial charge in [0.15, 0.2) is 0 Å². The molecule has 0 saturated heterocycles. The van der Waals surface area contributed by atoms with E-state index in [0.29, 0.717) is 13.2 Å². The topological polar surface area (TPSA) is 35.2 Å². The molecule has 94 valence electrons. The zero-order chi connectivity index (χ0) is 13.0. The van der Waals surface area contributed by atoms with Gasteiger partial charge in [-0.2, -0.15) is 0 Å². The summed E-state index contributed by atoms with van der Waals surface area (Å²) in [5, 5.41) is 0. The molecule has 3 heteroatoms. The number of ether oxygens (including phenoxy) is 1. The van der Waals surface area contributed by atoms with Gasteiger partial charge in [0.05, 0.1) is 0 Å². The van der Waals surface area contributed by atoms with Gasteiger partial charge in [0, 0.05) is 16.6 Å². The molecule has 0 fully saturated rings. The molecule has 2 aromatic carbocycles. The molecule has 0 unspecified atom stereocenters. The Balaban J connectivity index is 2.09. The van der Waals surface area contributed by atoms with Gasteiger partial charge >= 0.3 is 0 Å². The van der Waals surface area contributed by atoms with E-state index >= 15 is 0 Å². The average molecular weight is 306 g/mol. The van der Waals surface area contributed by atoms with Crippen molar-refractivity contribution in [3.05, 3.63) is 63.6 Å². The van der Waals surface area contributed by atoms with Gasteiger partial charge in [-0.3, -0.25) is 0 Å². The van der Waals surface area contributed by atoms with Gasteiger partial charge < -0.3 is 10.5 Å². The Morgan fingerprint density at radius 1 is 1.11 bits per heavy atom. The first kappa shape index (κ1) is 13.1. The van der Waals surface area contributed by atoms with Gasteiger partial charge in [0.2, 0.25) is 0 Å². The SMILES string of the molecule is Cc1ccc(CN)c(OCc2ccc(Br)cc2)c1. The molecular formula is C15H16BrNO. The molecule has 0 radical (unpaired) electrons. The van der Waals surface area contributed by atoms with E-state index in [-0.39, 0.29) is 0 Å². The standard InChI is InChI=1S/C15H16BrNO/c1-11-2-5-13(9-17)15(8-11)18-10-12-3-6-14(16)7-4-12/h2-8H,9-10,17H2,1H3. The minimum absolute atomic E-state index is 0.496. The minimum atomic E-state index is 0.496. The highest BCUT2D eigenvalue weighted by Crippen LogP contribution is 2.21. The normalized spacial score (nSPS) is 10.4. The molecular weight excluding hydrogens is 290 g/mol. The van der Waals surface area contributed by atoms with Crippen LogP contribution < -0.4 is 10.5 Å². The molecule has 0 heterocycles. The number of benzene rings is 2. The summed E-state index contributed by atoms with van der Waals surface area (Å²) in [6, 6.07) is 14.2. The Kier molecular flexibility index (Phi) is 4.39. The number of halogens is 1. The Labute approximate surface area is 116 Å². The Morgan fingerprint density at radius 2 is 1.83 bits per heavy atom. The van der Waals surface area contributed by atoms with E-state index in [1.807, 2.05) is 43.3 Å². The van der Waals surface area contributed by atoms with Crippen LogP contribution >= 0.6 is 15.9 Å². The van der Waals surface area contributed by atoms with Crippen molar-refractivity contribution in [2.45, 2.75) is 20.1 Å². The highest BCUT2D eigenvalue weighted by molar-refractivity contribution is 9.10. The van der Waals surface area contributed by atoms with Crippen molar-refractivity contribution >= 4 is 15.9 Å². The van der Waals surface area contributed by atoms with Crippen LogP contribution in [0.2, 0.25) is 0 Å². The summed E-state index contributed by atoms with van der Waals surface area (Å²) in [6.45, 7) is 3.10. The monoisotopic (exact) mass is 305 g/mol. The summed E-state index contributed by atoms with van der Waals surface area (Å²) in [5.41, 5.74) is 9.06. The Hall–Kier alpha value is -1.32. The van der Waals surface area contributed by atoms with Gasteiger partial charge in [0.25, 0.3) is 0 Å². The minimum Gasteiger partial charge on any atom is -0.489 e. The van der Waals surface area contributed by atoms with Crippen LogP contribution in [0.4, 0.5) is 0 Å². The van der Waals surface area contributed by atoms with Crippen LogP contribution in [-0.2, 0) is 13.2 Å². The molecule has 0 spiro atoms. The number of hydrogen-bond acceptors (Lipinski definition) is 2. The van der Waals surface area contributed by atoms with E-state index in [2.05, 4.69) is 22.0 Å². The van der Waals surface area contributed by atoms with Crippen molar-refractivity contribution in [1.29, 1.82) is 0 Å². The van der Waals surface area contributed by atoms with Crippen molar-refractivity contribution < 1.29 is 4.74 Å². The molecule has 0 saturated carbocycles. The second-order valence-corrected chi connectivity index (χ2v) is 5.15. The van der Waals surface area contributed by atoms with E-state index in [4.69, 9.17) is 10.5 Å². The lowest BCUT2D eigenvalue weighted by atomic mass is 10.1. The average Bonchev–Trinajstić information content (AvgIpc) is 2.38. The molecule has 0 amide bonds. The highest BCUT2D eigenvalue weighted by Gasteiger charge is 2.03. The predicted molar refractivity (Wildman–Crippen MR) is 77.5 cm³/mol. The summed E-state index contributed by atoms with van der Waals surface area (Å²) in [5.74, 6) is 0.875. The van der Waals surface area contributed by atoms with Crippen LogP contribution in [0.25, 0.3) is 0 Å². The zero-order valence-corrected chi connectivity index (χ0v) is 11.9. The number of aryl methyl sites for hydroxylation is 1. The van der Waals surface area contributed by atoms with E-state index in [1.165, 1.54) is 5.56 Å². The second-order valence-electron chi connectivity index (χ2n) is 4.23. The lowest BCUT2D eigenvalue weighted by Gasteiger charge is -2.11. The molecule has 2 rings (SSSR count). The number of hydrogen-bond donors (Lipinski definition) is 1. The van der Waals surface area contributed by atoms with Crippen LogP contribution in [0.1, 0.15) is 16.7 Å².